The van der Waals surface area contributed by atoms with Gasteiger partial charge in [0.2, 0.25) is 5.28 Å². The smallest absolute Gasteiger partial charge is 0.224 e. The minimum Gasteiger partial charge on any atom is -0.337 e. The van der Waals surface area contributed by atoms with E-state index in [9.17, 15) is 8.78 Å². The van der Waals surface area contributed by atoms with Crippen LogP contribution in [0.5, 0.6) is 0 Å². The molecule has 0 aliphatic carbocycles. The van der Waals surface area contributed by atoms with Crippen molar-refractivity contribution >= 4 is 23.1 Å². The van der Waals surface area contributed by atoms with Gasteiger partial charge in [0.25, 0.3) is 0 Å². The first-order valence-corrected chi connectivity index (χ1v) is 5.15. The van der Waals surface area contributed by atoms with E-state index in [1.54, 1.807) is 13.0 Å². The Kier molecular flexibility index (Phi) is 3.19. The maximum atomic E-state index is 13.3. The Morgan fingerprint density at radius 2 is 2.06 bits per heavy atom. The van der Waals surface area contributed by atoms with Crippen LogP contribution in [0.3, 0.4) is 0 Å². The van der Waals surface area contributed by atoms with E-state index in [1.165, 1.54) is 12.1 Å². The largest absolute Gasteiger partial charge is 0.337 e. The average molecular weight is 256 g/mol. The van der Waals surface area contributed by atoms with Gasteiger partial charge in [-0.05, 0) is 36.2 Å². The summed E-state index contributed by atoms with van der Waals surface area (Å²) >= 11 is 5.55. The highest BCUT2D eigenvalue weighted by Gasteiger charge is 2.08. The van der Waals surface area contributed by atoms with Crippen molar-refractivity contribution in [3.05, 3.63) is 46.9 Å². The van der Waals surface area contributed by atoms with Crippen molar-refractivity contribution in [2.45, 2.75) is 6.92 Å². The van der Waals surface area contributed by atoms with E-state index in [-0.39, 0.29) is 11.1 Å². The van der Waals surface area contributed by atoms with E-state index in [2.05, 4.69) is 15.3 Å². The number of benzene rings is 1. The first-order valence-electron chi connectivity index (χ1n) is 4.77. The molecule has 17 heavy (non-hydrogen) atoms. The third-order valence-corrected chi connectivity index (χ3v) is 2.35. The zero-order valence-electron chi connectivity index (χ0n) is 8.84. The number of hydrogen-bond acceptors (Lipinski definition) is 3. The molecule has 3 nitrogen and oxygen atoms in total. The van der Waals surface area contributed by atoms with Crippen LogP contribution in [0.2, 0.25) is 5.28 Å². The van der Waals surface area contributed by atoms with Gasteiger partial charge in [-0.2, -0.15) is 4.98 Å². The Hall–Kier alpha value is -1.75. The molecular formula is C11H8ClF2N3. The summed E-state index contributed by atoms with van der Waals surface area (Å²) in [5.41, 5.74) is 1.19. The fourth-order valence-corrected chi connectivity index (χ4v) is 1.42. The third kappa shape index (κ3) is 2.68. The Balaban J connectivity index is 2.37. The summed E-state index contributed by atoms with van der Waals surface area (Å²) in [6.45, 7) is 1.77. The lowest BCUT2D eigenvalue weighted by Crippen LogP contribution is -2.00. The number of rotatable bonds is 2. The van der Waals surface area contributed by atoms with Crippen molar-refractivity contribution in [2.75, 3.05) is 5.32 Å². The first-order chi connectivity index (χ1) is 8.06. The van der Waals surface area contributed by atoms with Gasteiger partial charge in [-0.3, -0.25) is 0 Å². The Labute approximate surface area is 101 Å². The molecule has 1 aromatic heterocycles. The number of anilines is 2. The number of nitrogens with one attached hydrogen (secondary N) is 1. The van der Waals surface area contributed by atoms with Crippen LogP contribution in [0, 0.1) is 18.6 Å². The van der Waals surface area contributed by atoms with Crippen molar-refractivity contribution in [3.8, 4) is 0 Å². The van der Waals surface area contributed by atoms with Crippen molar-refractivity contribution in [2.24, 2.45) is 0 Å². The quantitative estimate of drug-likeness (QED) is 0.835. The number of halogens is 3. The minimum atomic E-state index is -0.655. The predicted molar refractivity (Wildman–Crippen MR) is 61.4 cm³/mol. The lowest BCUT2D eigenvalue weighted by molar-refractivity contribution is 0.618. The van der Waals surface area contributed by atoms with Gasteiger partial charge in [-0.1, -0.05) is 6.07 Å². The van der Waals surface area contributed by atoms with Gasteiger partial charge >= 0.3 is 0 Å². The second-order valence-corrected chi connectivity index (χ2v) is 3.76. The Bertz CT molecular complexity index is 511. The SMILES string of the molecule is Cc1ccc(F)cc1Nc1nc(Cl)ncc1F. The van der Waals surface area contributed by atoms with Crippen LogP contribution >= 0.6 is 11.6 Å². The topological polar surface area (TPSA) is 37.8 Å². The maximum absolute atomic E-state index is 13.3. The molecule has 0 bridgehead atoms. The van der Waals surface area contributed by atoms with Gasteiger partial charge in [0.1, 0.15) is 5.82 Å². The lowest BCUT2D eigenvalue weighted by Gasteiger charge is -2.09. The molecule has 0 fully saturated rings. The second kappa shape index (κ2) is 4.63. The van der Waals surface area contributed by atoms with E-state index in [0.717, 1.165) is 11.8 Å². The normalized spacial score (nSPS) is 10.4. The molecule has 88 valence electrons. The van der Waals surface area contributed by atoms with E-state index in [0.29, 0.717) is 5.69 Å². The van der Waals surface area contributed by atoms with Crippen LogP contribution < -0.4 is 5.32 Å². The number of nitrogens with zero attached hydrogens (tertiary/aromatic N) is 2. The molecule has 2 aromatic rings. The second-order valence-electron chi connectivity index (χ2n) is 3.42. The van der Waals surface area contributed by atoms with Crippen LogP contribution in [0.25, 0.3) is 0 Å². The number of aryl methyl sites for hydroxylation is 1. The molecule has 1 aromatic carbocycles. The summed E-state index contributed by atoms with van der Waals surface area (Å²) in [4.78, 5) is 7.17. The monoisotopic (exact) mass is 255 g/mol. The molecule has 0 amide bonds. The molecule has 0 radical (unpaired) electrons. The molecule has 0 saturated carbocycles. The van der Waals surface area contributed by atoms with E-state index in [4.69, 9.17) is 11.6 Å². The highest BCUT2D eigenvalue weighted by molar-refractivity contribution is 6.28. The van der Waals surface area contributed by atoms with Gasteiger partial charge in [0.15, 0.2) is 11.6 Å². The molecule has 6 heteroatoms. The van der Waals surface area contributed by atoms with E-state index >= 15 is 0 Å². The molecule has 0 atom stereocenters. The standard InChI is InChI=1S/C11H8ClF2N3/c1-6-2-3-7(13)4-9(6)16-10-8(14)5-15-11(12)17-10/h2-5H,1H3,(H,15,16,17). The summed E-state index contributed by atoms with van der Waals surface area (Å²) < 4.78 is 26.4. The van der Waals surface area contributed by atoms with Crippen LogP contribution in [-0.2, 0) is 0 Å². The fraction of sp³-hybridized carbons (Fsp3) is 0.0909. The molecule has 2 rings (SSSR count). The summed E-state index contributed by atoms with van der Waals surface area (Å²) in [5, 5.41) is 2.59. The fourth-order valence-electron chi connectivity index (χ4n) is 1.29. The van der Waals surface area contributed by atoms with Gasteiger partial charge in [0, 0.05) is 5.69 Å². The molecule has 1 heterocycles. The molecule has 0 spiro atoms. The van der Waals surface area contributed by atoms with E-state index < -0.39 is 11.6 Å². The summed E-state index contributed by atoms with van der Waals surface area (Å²) in [5.74, 6) is -1.16. The number of hydrogen-bond donors (Lipinski definition) is 1. The van der Waals surface area contributed by atoms with Crippen LogP contribution in [0.4, 0.5) is 20.3 Å². The van der Waals surface area contributed by atoms with Crippen LogP contribution in [0.15, 0.2) is 24.4 Å². The molecule has 1 N–H and O–H groups in total. The number of aromatic nitrogens is 2. The Morgan fingerprint density at radius 1 is 1.29 bits per heavy atom. The molecular weight excluding hydrogens is 248 g/mol. The summed E-state index contributed by atoms with van der Waals surface area (Å²) in [7, 11) is 0. The average Bonchev–Trinajstić information content (AvgIpc) is 2.28. The van der Waals surface area contributed by atoms with Crippen molar-refractivity contribution in [1.82, 2.24) is 9.97 Å². The molecule has 0 saturated heterocycles. The van der Waals surface area contributed by atoms with Crippen LogP contribution in [0.1, 0.15) is 5.56 Å². The highest BCUT2D eigenvalue weighted by Crippen LogP contribution is 2.22. The first kappa shape index (κ1) is 11.7. The van der Waals surface area contributed by atoms with Gasteiger partial charge < -0.3 is 5.32 Å². The van der Waals surface area contributed by atoms with Gasteiger partial charge in [-0.25, -0.2) is 13.8 Å². The summed E-state index contributed by atoms with van der Waals surface area (Å²) in [6.07, 6.45) is 0.951. The molecule has 0 unspecified atom stereocenters. The van der Waals surface area contributed by atoms with Gasteiger partial charge in [0.05, 0.1) is 6.20 Å². The van der Waals surface area contributed by atoms with Crippen molar-refractivity contribution < 1.29 is 8.78 Å². The molecule has 0 aliphatic rings. The highest BCUT2D eigenvalue weighted by atomic mass is 35.5. The van der Waals surface area contributed by atoms with Crippen molar-refractivity contribution in [3.63, 3.8) is 0 Å². The lowest BCUT2D eigenvalue weighted by atomic mass is 10.2. The zero-order valence-corrected chi connectivity index (χ0v) is 9.59. The zero-order chi connectivity index (χ0) is 12.4. The third-order valence-electron chi connectivity index (χ3n) is 2.17. The van der Waals surface area contributed by atoms with Crippen LogP contribution in [-0.4, -0.2) is 9.97 Å². The summed E-state index contributed by atoms with van der Waals surface area (Å²) in [6, 6.07) is 4.16. The predicted octanol–water partition coefficient (Wildman–Crippen LogP) is 3.46. The molecule has 0 aliphatic heterocycles. The Morgan fingerprint density at radius 3 is 2.82 bits per heavy atom. The van der Waals surface area contributed by atoms with E-state index in [1.807, 2.05) is 0 Å². The maximum Gasteiger partial charge on any atom is 0.224 e. The minimum absolute atomic E-state index is 0.0806. The van der Waals surface area contributed by atoms with Gasteiger partial charge in [-0.15, -0.1) is 0 Å². The van der Waals surface area contributed by atoms with Crippen molar-refractivity contribution in [1.29, 1.82) is 0 Å².